The van der Waals surface area contributed by atoms with Gasteiger partial charge < -0.3 is 5.11 Å². The molecule has 0 amide bonds. The van der Waals surface area contributed by atoms with E-state index in [0.29, 0.717) is 0 Å². The lowest BCUT2D eigenvalue weighted by molar-refractivity contribution is -0.113. The molecular formula is C27H45NO2. The maximum absolute atomic E-state index is 11.2. The van der Waals surface area contributed by atoms with Crippen LogP contribution in [0.4, 0.5) is 0 Å². The normalized spacial score (nSPS) is 23.8. The molecule has 0 aromatic carbocycles. The van der Waals surface area contributed by atoms with Crippen molar-refractivity contribution in [3.05, 3.63) is 47.7 Å². The highest BCUT2D eigenvalue weighted by molar-refractivity contribution is 5.97. The first-order chi connectivity index (χ1) is 13.9. The van der Waals surface area contributed by atoms with Gasteiger partial charge in [0.2, 0.25) is 0 Å². The van der Waals surface area contributed by atoms with Gasteiger partial charge in [0.25, 0.3) is 0 Å². The lowest BCUT2D eigenvalue weighted by atomic mass is 9.84. The van der Waals surface area contributed by atoms with Gasteiger partial charge in [-0.3, -0.25) is 9.79 Å². The number of aliphatic imine (C=N–C) groups is 1. The Balaban J connectivity index is 0.000000497. The summed E-state index contributed by atoms with van der Waals surface area (Å²) in [6.45, 7) is 20.2. The number of nitrogens with zero attached hydrogens (tertiary/aromatic N) is 1. The van der Waals surface area contributed by atoms with E-state index in [1.165, 1.54) is 25.7 Å². The van der Waals surface area contributed by atoms with E-state index in [0.717, 1.165) is 28.7 Å². The number of aliphatic hydroxyl groups is 1. The molecule has 1 N–H and O–H groups in total. The Hall–Kier alpha value is -1.74. The smallest absolute Gasteiger partial charge is 0.159 e. The number of Topliss-reactive ketones (excluding diaryl/α,β-unsaturated/α-hetero) is 1. The minimum absolute atomic E-state index is 0.0813. The van der Waals surface area contributed by atoms with Crippen LogP contribution in [0.1, 0.15) is 81.1 Å². The van der Waals surface area contributed by atoms with Gasteiger partial charge in [-0.2, -0.15) is 0 Å². The van der Waals surface area contributed by atoms with Crippen molar-refractivity contribution in [3.8, 4) is 0 Å². The van der Waals surface area contributed by atoms with E-state index in [1.54, 1.807) is 13.1 Å². The maximum atomic E-state index is 11.2. The van der Waals surface area contributed by atoms with Crippen LogP contribution in [0.25, 0.3) is 0 Å². The molecule has 0 aliphatic heterocycles. The summed E-state index contributed by atoms with van der Waals surface area (Å²) in [6, 6.07) is 0. The predicted octanol–water partition coefficient (Wildman–Crippen LogP) is 7.10. The molecule has 30 heavy (non-hydrogen) atoms. The van der Waals surface area contributed by atoms with Crippen molar-refractivity contribution < 1.29 is 9.90 Å². The van der Waals surface area contributed by atoms with Gasteiger partial charge in [0, 0.05) is 30.0 Å². The molecule has 2 aliphatic carbocycles. The van der Waals surface area contributed by atoms with Gasteiger partial charge in [-0.15, -0.1) is 0 Å². The molecule has 0 aromatic heterocycles. The molecule has 0 spiro atoms. The second-order valence-corrected chi connectivity index (χ2v) is 10.1. The molecule has 2 rings (SSSR count). The molecule has 0 saturated heterocycles. The molecule has 0 heterocycles. The van der Waals surface area contributed by atoms with Gasteiger partial charge in [0.1, 0.15) is 0 Å². The fraction of sp³-hybridized carbons (Fsp3) is 0.630. The minimum atomic E-state index is 0.0813. The molecule has 2 aliphatic rings. The van der Waals surface area contributed by atoms with Crippen LogP contribution in [0.3, 0.4) is 0 Å². The SMILES string of the molecule is C=C(C)N=CC1=CC=C(C(C)=O)C=CC1C.CC(C)(C)CO.CC1CCC(C)CC1. The highest BCUT2D eigenvalue weighted by Crippen LogP contribution is 2.27. The Morgan fingerprint density at radius 3 is 1.93 bits per heavy atom. The number of rotatable bonds is 3. The fourth-order valence-corrected chi connectivity index (χ4v) is 2.76. The Morgan fingerprint density at radius 1 is 1.10 bits per heavy atom. The molecule has 3 heteroatoms. The van der Waals surface area contributed by atoms with E-state index in [4.69, 9.17) is 5.11 Å². The summed E-state index contributed by atoms with van der Waals surface area (Å²) in [5.41, 5.74) is 2.68. The van der Waals surface area contributed by atoms with Crippen LogP contribution in [0.15, 0.2) is 52.7 Å². The molecule has 1 unspecified atom stereocenters. The first-order valence-electron chi connectivity index (χ1n) is 11.3. The van der Waals surface area contributed by atoms with Gasteiger partial charge in [0.15, 0.2) is 5.78 Å². The molecule has 1 fully saturated rings. The highest BCUT2D eigenvalue weighted by Gasteiger charge is 2.13. The second-order valence-electron chi connectivity index (χ2n) is 10.1. The van der Waals surface area contributed by atoms with Gasteiger partial charge >= 0.3 is 0 Å². The van der Waals surface area contributed by atoms with Crippen molar-refractivity contribution in [1.29, 1.82) is 0 Å². The summed E-state index contributed by atoms with van der Waals surface area (Å²) in [5, 5.41) is 8.40. The van der Waals surface area contributed by atoms with Crippen LogP contribution in [0.2, 0.25) is 0 Å². The first kappa shape index (κ1) is 28.3. The quantitative estimate of drug-likeness (QED) is 0.500. The average Bonchev–Trinajstić information content (AvgIpc) is 2.84. The number of ketones is 1. The van der Waals surface area contributed by atoms with Gasteiger partial charge in [-0.05, 0) is 36.7 Å². The van der Waals surface area contributed by atoms with Gasteiger partial charge in [-0.1, -0.05) is 98.1 Å². The number of carbonyl (C=O) groups is 1. The number of allylic oxidation sites excluding steroid dienone is 7. The monoisotopic (exact) mass is 415 g/mol. The summed E-state index contributed by atoms with van der Waals surface area (Å²) < 4.78 is 0. The van der Waals surface area contributed by atoms with Gasteiger partial charge in [-0.25, -0.2) is 0 Å². The standard InChI is InChI=1S/C14H17NO.C8H16.C5H12O/c1-10(2)15-9-14-8-7-13(12(4)16)6-5-11(14)3;1-7-3-5-8(2)6-4-7;1-5(2,3)4-6/h5-9,11H,1H2,2-4H3;7-8H,3-6H2,1-2H3;6H,4H2,1-3H3. The zero-order chi connectivity index (χ0) is 23.3. The maximum Gasteiger partial charge on any atom is 0.159 e. The van der Waals surface area contributed by atoms with Crippen LogP contribution in [0.5, 0.6) is 0 Å². The first-order valence-corrected chi connectivity index (χ1v) is 11.3. The molecule has 0 radical (unpaired) electrons. The Labute approximate surface area is 185 Å². The summed E-state index contributed by atoms with van der Waals surface area (Å²) in [6.07, 6.45) is 15.3. The molecule has 3 nitrogen and oxygen atoms in total. The van der Waals surface area contributed by atoms with Crippen LogP contribution < -0.4 is 0 Å². The molecule has 0 bridgehead atoms. The summed E-state index contributed by atoms with van der Waals surface area (Å²) in [4.78, 5) is 15.4. The van der Waals surface area contributed by atoms with E-state index in [9.17, 15) is 4.79 Å². The largest absolute Gasteiger partial charge is 0.396 e. The molecule has 0 aromatic rings. The van der Waals surface area contributed by atoms with Crippen LogP contribution in [-0.4, -0.2) is 23.7 Å². The van der Waals surface area contributed by atoms with E-state index in [-0.39, 0.29) is 23.7 Å². The second kappa shape index (κ2) is 14.3. The molecular weight excluding hydrogens is 370 g/mol. The summed E-state index contributed by atoms with van der Waals surface area (Å²) in [5.74, 6) is 2.38. The summed E-state index contributed by atoms with van der Waals surface area (Å²) >= 11 is 0. The van der Waals surface area contributed by atoms with Crippen molar-refractivity contribution in [2.75, 3.05) is 6.61 Å². The Kier molecular flexibility index (Phi) is 13.5. The van der Waals surface area contributed by atoms with E-state index < -0.39 is 0 Å². The van der Waals surface area contributed by atoms with Crippen molar-refractivity contribution in [2.45, 2.75) is 81.1 Å². The van der Waals surface area contributed by atoms with Crippen molar-refractivity contribution in [2.24, 2.45) is 28.2 Å². The number of hydrogen-bond acceptors (Lipinski definition) is 3. The number of carbonyl (C=O) groups excluding carboxylic acids is 1. The van der Waals surface area contributed by atoms with Crippen LogP contribution in [0, 0.1) is 23.2 Å². The lowest BCUT2D eigenvalue weighted by Gasteiger charge is -2.22. The lowest BCUT2D eigenvalue weighted by Crippen LogP contribution is -2.09. The number of aliphatic hydroxyl groups excluding tert-OH is 1. The molecule has 170 valence electrons. The van der Waals surface area contributed by atoms with E-state index >= 15 is 0 Å². The van der Waals surface area contributed by atoms with Crippen molar-refractivity contribution in [1.82, 2.24) is 0 Å². The topological polar surface area (TPSA) is 49.7 Å². The Morgan fingerprint density at radius 2 is 1.57 bits per heavy atom. The van der Waals surface area contributed by atoms with E-state index in [2.05, 4.69) is 32.3 Å². The zero-order valence-electron chi connectivity index (χ0n) is 20.7. The average molecular weight is 416 g/mol. The zero-order valence-corrected chi connectivity index (χ0v) is 20.7. The van der Waals surface area contributed by atoms with E-state index in [1.807, 2.05) is 52.0 Å². The van der Waals surface area contributed by atoms with Crippen LogP contribution in [-0.2, 0) is 4.79 Å². The molecule has 1 saturated carbocycles. The number of hydrogen-bond donors (Lipinski definition) is 1. The van der Waals surface area contributed by atoms with Gasteiger partial charge in [0.05, 0.1) is 0 Å². The predicted molar refractivity (Wildman–Crippen MR) is 132 cm³/mol. The fourth-order valence-electron chi connectivity index (χ4n) is 2.76. The third kappa shape index (κ3) is 14.3. The summed E-state index contributed by atoms with van der Waals surface area (Å²) in [7, 11) is 0. The minimum Gasteiger partial charge on any atom is -0.396 e. The highest BCUT2D eigenvalue weighted by atomic mass is 16.3. The third-order valence-electron chi connectivity index (χ3n) is 5.16. The van der Waals surface area contributed by atoms with Crippen molar-refractivity contribution >= 4 is 12.0 Å². The van der Waals surface area contributed by atoms with Crippen LogP contribution >= 0.6 is 0 Å². The third-order valence-corrected chi connectivity index (χ3v) is 5.16. The van der Waals surface area contributed by atoms with Crippen molar-refractivity contribution in [3.63, 3.8) is 0 Å². The Bertz CT molecular complexity index is 641. The molecule has 1 atom stereocenters.